The predicted molar refractivity (Wildman–Crippen MR) is 67.0 cm³/mol. The lowest BCUT2D eigenvalue weighted by Crippen LogP contribution is -2.31. The van der Waals surface area contributed by atoms with Crippen molar-refractivity contribution in [2.75, 3.05) is 13.1 Å². The molecule has 3 N–H and O–H groups in total. The number of rotatable bonds is 6. The summed E-state index contributed by atoms with van der Waals surface area (Å²) in [5.41, 5.74) is 5.65. The summed E-state index contributed by atoms with van der Waals surface area (Å²) < 4.78 is 26.6. The van der Waals surface area contributed by atoms with Crippen molar-refractivity contribution >= 4 is 10.0 Å². The molecule has 1 fully saturated rings. The van der Waals surface area contributed by atoms with Gasteiger partial charge in [-0.2, -0.15) is 0 Å². The second kappa shape index (κ2) is 4.76. The van der Waals surface area contributed by atoms with E-state index in [1.165, 1.54) is 0 Å². The van der Waals surface area contributed by atoms with E-state index in [-0.39, 0.29) is 5.41 Å². The zero-order valence-electron chi connectivity index (χ0n) is 9.72. The number of nitrogens with two attached hydrogens (primary N) is 1. The van der Waals surface area contributed by atoms with E-state index in [9.17, 15) is 8.42 Å². The molecule has 1 aliphatic rings. The van der Waals surface area contributed by atoms with Gasteiger partial charge in [0.1, 0.15) is 0 Å². The van der Waals surface area contributed by atoms with E-state index in [0.29, 0.717) is 18.0 Å². The highest BCUT2D eigenvalue weighted by atomic mass is 32.2. The van der Waals surface area contributed by atoms with E-state index in [1.807, 2.05) is 0 Å². The van der Waals surface area contributed by atoms with E-state index in [0.717, 1.165) is 19.3 Å². The van der Waals surface area contributed by atoms with Gasteiger partial charge in [-0.3, -0.25) is 0 Å². The van der Waals surface area contributed by atoms with Crippen molar-refractivity contribution in [1.82, 2.24) is 4.72 Å². The third kappa shape index (κ3) is 3.06. The first-order valence-electron chi connectivity index (χ1n) is 5.83. The van der Waals surface area contributed by atoms with E-state index in [1.54, 1.807) is 30.3 Å². The summed E-state index contributed by atoms with van der Waals surface area (Å²) in [4.78, 5) is 0.323. The highest BCUT2D eigenvalue weighted by Gasteiger charge is 2.42. The molecule has 0 saturated heterocycles. The van der Waals surface area contributed by atoms with Crippen molar-refractivity contribution < 1.29 is 8.42 Å². The third-order valence-electron chi connectivity index (χ3n) is 3.32. The van der Waals surface area contributed by atoms with Gasteiger partial charge in [0, 0.05) is 6.54 Å². The van der Waals surface area contributed by atoms with Crippen LogP contribution in [0.5, 0.6) is 0 Å². The Morgan fingerprint density at radius 1 is 1.24 bits per heavy atom. The topological polar surface area (TPSA) is 72.2 Å². The molecule has 94 valence electrons. The van der Waals surface area contributed by atoms with Crippen molar-refractivity contribution in [3.05, 3.63) is 30.3 Å². The van der Waals surface area contributed by atoms with Crippen LogP contribution in [0.25, 0.3) is 0 Å². The highest BCUT2D eigenvalue weighted by molar-refractivity contribution is 7.89. The Hall–Kier alpha value is -0.910. The summed E-state index contributed by atoms with van der Waals surface area (Å²) in [5, 5.41) is 0. The molecule has 0 amide bonds. The minimum absolute atomic E-state index is 0.122. The predicted octanol–water partition coefficient (Wildman–Crippen LogP) is 1.09. The summed E-state index contributed by atoms with van der Waals surface area (Å²) in [6.07, 6.45) is 3.04. The molecular formula is C12H18N2O2S. The molecule has 0 bridgehead atoms. The van der Waals surface area contributed by atoms with Crippen molar-refractivity contribution in [1.29, 1.82) is 0 Å². The summed E-state index contributed by atoms with van der Waals surface area (Å²) >= 11 is 0. The molecular weight excluding hydrogens is 236 g/mol. The minimum Gasteiger partial charge on any atom is -0.330 e. The monoisotopic (exact) mass is 254 g/mol. The van der Waals surface area contributed by atoms with Gasteiger partial charge in [-0.25, -0.2) is 13.1 Å². The van der Waals surface area contributed by atoms with Crippen LogP contribution >= 0.6 is 0 Å². The van der Waals surface area contributed by atoms with Gasteiger partial charge in [0.05, 0.1) is 4.90 Å². The number of benzene rings is 1. The molecule has 0 aliphatic heterocycles. The number of sulfonamides is 1. The van der Waals surface area contributed by atoms with Gasteiger partial charge in [0.2, 0.25) is 10.0 Å². The standard InChI is InChI=1S/C12H18N2O2S/c13-9-8-12(6-7-12)10-14-17(15,16)11-4-2-1-3-5-11/h1-5,14H,6-10,13H2. The SMILES string of the molecule is NCCC1(CNS(=O)(=O)c2ccccc2)CC1. The first kappa shape index (κ1) is 12.5. The van der Waals surface area contributed by atoms with Crippen LogP contribution in [0.2, 0.25) is 0 Å². The lowest BCUT2D eigenvalue weighted by atomic mass is 10.0. The molecule has 0 aromatic heterocycles. The van der Waals surface area contributed by atoms with Crippen LogP contribution in [-0.4, -0.2) is 21.5 Å². The average Bonchev–Trinajstić information content (AvgIpc) is 3.09. The molecule has 1 saturated carbocycles. The Labute approximate surface area is 102 Å². The highest BCUT2D eigenvalue weighted by Crippen LogP contribution is 2.47. The second-order valence-corrected chi connectivity index (χ2v) is 6.44. The normalized spacial score (nSPS) is 17.9. The summed E-state index contributed by atoms with van der Waals surface area (Å²) in [6, 6.07) is 8.45. The van der Waals surface area contributed by atoms with Crippen LogP contribution in [-0.2, 0) is 10.0 Å². The molecule has 5 heteroatoms. The molecule has 4 nitrogen and oxygen atoms in total. The molecule has 1 aromatic rings. The fourth-order valence-corrected chi connectivity index (χ4v) is 3.11. The van der Waals surface area contributed by atoms with Crippen LogP contribution < -0.4 is 10.5 Å². The Balaban J connectivity index is 2.00. The summed E-state index contributed by atoms with van der Waals surface area (Å²) in [6.45, 7) is 1.12. The number of hydrogen-bond donors (Lipinski definition) is 2. The van der Waals surface area contributed by atoms with Gasteiger partial charge in [0.25, 0.3) is 0 Å². The first-order valence-corrected chi connectivity index (χ1v) is 7.31. The second-order valence-electron chi connectivity index (χ2n) is 4.68. The average molecular weight is 254 g/mol. The molecule has 2 rings (SSSR count). The van der Waals surface area contributed by atoms with Crippen molar-refractivity contribution in [3.63, 3.8) is 0 Å². The van der Waals surface area contributed by atoms with Crippen molar-refractivity contribution in [3.8, 4) is 0 Å². The lowest BCUT2D eigenvalue weighted by molar-refractivity contribution is 0.461. The van der Waals surface area contributed by atoms with Gasteiger partial charge in [-0.15, -0.1) is 0 Å². The van der Waals surface area contributed by atoms with E-state index in [4.69, 9.17) is 5.73 Å². The number of hydrogen-bond acceptors (Lipinski definition) is 3. The van der Waals surface area contributed by atoms with E-state index >= 15 is 0 Å². The van der Waals surface area contributed by atoms with Crippen molar-refractivity contribution in [2.45, 2.75) is 24.2 Å². The van der Waals surface area contributed by atoms with E-state index < -0.39 is 10.0 Å². The maximum atomic E-state index is 12.0. The van der Waals surface area contributed by atoms with Crippen LogP contribution in [0.15, 0.2) is 35.2 Å². The van der Waals surface area contributed by atoms with E-state index in [2.05, 4.69) is 4.72 Å². The molecule has 1 aliphatic carbocycles. The van der Waals surface area contributed by atoms with Crippen LogP contribution in [0.1, 0.15) is 19.3 Å². The third-order valence-corrected chi connectivity index (χ3v) is 4.74. The largest absolute Gasteiger partial charge is 0.330 e. The zero-order chi connectivity index (χ0) is 12.4. The Morgan fingerprint density at radius 2 is 1.88 bits per heavy atom. The fraction of sp³-hybridized carbons (Fsp3) is 0.500. The van der Waals surface area contributed by atoms with Crippen molar-refractivity contribution in [2.24, 2.45) is 11.1 Å². The zero-order valence-corrected chi connectivity index (χ0v) is 10.5. The Morgan fingerprint density at radius 3 is 2.41 bits per heavy atom. The number of nitrogens with one attached hydrogen (secondary N) is 1. The fourth-order valence-electron chi connectivity index (χ4n) is 1.93. The van der Waals surface area contributed by atoms with Gasteiger partial charge in [0.15, 0.2) is 0 Å². The van der Waals surface area contributed by atoms with Crippen LogP contribution in [0, 0.1) is 5.41 Å². The smallest absolute Gasteiger partial charge is 0.240 e. The summed E-state index contributed by atoms with van der Waals surface area (Å²) in [5.74, 6) is 0. The molecule has 17 heavy (non-hydrogen) atoms. The molecule has 0 atom stereocenters. The van der Waals surface area contributed by atoms with Gasteiger partial charge in [-0.05, 0) is 43.4 Å². The quantitative estimate of drug-likeness (QED) is 0.798. The first-order chi connectivity index (χ1) is 8.08. The van der Waals surface area contributed by atoms with Gasteiger partial charge in [-0.1, -0.05) is 18.2 Å². The minimum atomic E-state index is -3.36. The Bertz CT molecular complexity index is 467. The lowest BCUT2D eigenvalue weighted by Gasteiger charge is -2.14. The van der Waals surface area contributed by atoms with Gasteiger partial charge < -0.3 is 5.73 Å². The summed E-state index contributed by atoms with van der Waals surface area (Å²) in [7, 11) is -3.36. The Kier molecular flexibility index (Phi) is 3.51. The molecule has 1 aromatic carbocycles. The van der Waals surface area contributed by atoms with Gasteiger partial charge >= 0.3 is 0 Å². The van der Waals surface area contributed by atoms with Crippen LogP contribution in [0.4, 0.5) is 0 Å². The maximum Gasteiger partial charge on any atom is 0.240 e. The van der Waals surface area contributed by atoms with Crippen LogP contribution in [0.3, 0.4) is 0 Å². The molecule has 0 radical (unpaired) electrons. The molecule has 0 unspecified atom stereocenters. The maximum absolute atomic E-state index is 12.0. The molecule has 0 heterocycles. The molecule has 0 spiro atoms.